The molecule has 1 aliphatic rings. The monoisotopic (exact) mass is 297 g/mol. The van der Waals surface area contributed by atoms with Gasteiger partial charge in [0.05, 0.1) is 10.5 Å². The van der Waals surface area contributed by atoms with Crippen molar-refractivity contribution in [2.45, 2.75) is 19.5 Å². The molecule has 0 radical (unpaired) electrons. The molecule has 3 rings (SSSR count). The number of nitrogens with one attached hydrogen (secondary N) is 2. The molecule has 112 valence electrons. The first-order valence-electron chi connectivity index (χ1n) is 7.03. The maximum Gasteiger partial charge on any atom is 0.272 e. The van der Waals surface area contributed by atoms with Crippen LogP contribution in [0.5, 0.6) is 0 Å². The fourth-order valence-electron chi connectivity index (χ4n) is 2.60. The van der Waals surface area contributed by atoms with Gasteiger partial charge < -0.3 is 10.6 Å². The Kier molecular flexibility index (Phi) is 3.50. The highest BCUT2D eigenvalue weighted by Gasteiger charge is 2.25. The molecule has 1 unspecified atom stereocenters. The highest BCUT2D eigenvalue weighted by Crippen LogP contribution is 2.29. The summed E-state index contributed by atoms with van der Waals surface area (Å²) in [5.41, 5.74) is 2.70. The lowest BCUT2D eigenvalue weighted by Crippen LogP contribution is -2.38. The summed E-state index contributed by atoms with van der Waals surface area (Å²) in [7, 11) is 0. The fraction of sp³-hybridized carbons (Fsp3) is 0.188. The predicted octanol–water partition coefficient (Wildman–Crippen LogP) is 3.01. The fourth-order valence-corrected chi connectivity index (χ4v) is 2.60. The quantitative estimate of drug-likeness (QED) is 0.673. The van der Waals surface area contributed by atoms with Gasteiger partial charge in [0, 0.05) is 22.9 Å². The van der Waals surface area contributed by atoms with Crippen molar-refractivity contribution in [2.24, 2.45) is 0 Å². The number of benzene rings is 2. The maximum absolute atomic E-state index is 12.1. The largest absolute Gasteiger partial charge is 0.361 e. The summed E-state index contributed by atoms with van der Waals surface area (Å²) < 4.78 is 0. The van der Waals surface area contributed by atoms with Crippen LogP contribution in [-0.2, 0) is 6.42 Å². The van der Waals surface area contributed by atoms with Crippen LogP contribution >= 0.6 is 0 Å². The van der Waals surface area contributed by atoms with E-state index in [2.05, 4.69) is 10.6 Å². The van der Waals surface area contributed by atoms with E-state index in [0.29, 0.717) is 23.1 Å². The van der Waals surface area contributed by atoms with E-state index in [0.717, 1.165) is 5.69 Å². The molecule has 0 spiro atoms. The summed E-state index contributed by atoms with van der Waals surface area (Å²) in [6.07, 6.45) is 0.108. The van der Waals surface area contributed by atoms with E-state index in [1.807, 2.05) is 19.1 Å². The van der Waals surface area contributed by atoms with Crippen LogP contribution in [0.15, 0.2) is 42.5 Å². The first kappa shape index (κ1) is 14.1. The highest BCUT2D eigenvalue weighted by atomic mass is 16.6. The molecule has 1 heterocycles. The number of carbonyl (C=O) groups excluding carboxylic acids is 1. The first-order valence-corrected chi connectivity index (χ1v) is 7.03. The van der Waals surface area contributed by atoms with Gasteiger partial charge in [-0.25, -0.2) is 0 Å². The van der Waals surface area contributed by atoms with Gasteiger partial charge in [0.15, 0.2) is 0 Å². The number of hydrogen-bond donors (Lipinski definition) is 2. The molecule has 0 aromatic heterocycles. The molecule has 0 saturated carbocycles. The summed E-state index contributed by atoms with van der Waals surface area (Å²) in [6.45, 7) is 1.87. The van der Waals surface area contributed by atoms with Gasteiger partial charge in [0.25, 0.3) is 11.6 Å². The van der Waals surface area contributed by atoms with Gasteiger partial charge in [0.2, 0.25) is 0 Å². The topological polar surface area (TPSA) is 84.3 Å². The van der Waals surface area contributed by atoms with Gasteiger partial charge in [-0.1, -0.05) is 31.2 Å². The number of nitrogens with zero attached hydrogens (tertiary/aromatic N) is 1. The summed E-state index contributed by atoms with van der Waals surface area (Å²) in [5.74, 6) is -0.193. The van der Waals surface area contributed by atoms with Crippen molar-refractivity contribution in [2.75, 3.05) is 5.32 Å². The highest BCUT2D eigenvalue weighted by molar-refractivity contribution is 6.01. The smallest absolute Gasteiger partial charge is 0.272 e. The van der Waals surface area contributed by atoms with Crippen molar-refractivity contribution >= 4 is 17.3 Å². The maximum atomic E-state index is 12.1. The second-order valence-electron chi connectivity index (χ2n) is 5.10. The Balaban J connectivity index is 1.98. The van der Waals surface area contributed by atoms with Gasteiger partial charge in [-0.15, -0.1) is 0 Å². The third-order valence-electron chi connectivity index (χ3n) is 3.77. The molecule has 0 fully saturated rings. The third-order valence-corrected chi connectivity index (χ3v) is 3.77. The minimum absolute atomic E-state index is 0.0786. The molecule has 2 N–H and O–H groups in total. The number of para-hydroxylation sites is 1. The lowest BCUT2D eigenvalue weighted by molar-refractivity contribution is -0.385. The minimum Gasteiger partial charge on any atom is -0.361 e. The van der Waals surface area contributed by atoms with E-state index >= 15 is 0 Å². The van der Waals surface area contributed by atoms with Crippen LogP contribution in [0.1, 0.15) is 34.6 Å². The van der Waals surface area contributed by atoms with E-state index in [1.165, 1.54) is 6.07 Å². The number of aryl methyl sites for hydroxylation is 1. The number of fused-ring (bicyclic) bond motifs is 1. The number of nitro benzene ring substituents is 1. The van der Waals surface area contributed by atoms with E-state index < -0.39 is 6.17 Å². The Bertz CT molecular complexity index is 758. The van der Waals surface area contributed by atoms with Gasteiger partial charge in [-0.2, -0.15) is 0 Å². The average molecular weight is 297 g/mol. The molecule has 6 nitrogen and oxygen atoms in total. The standard InChI is InChI=1S/C16H15N3O3/c1-2-10-7-8-11(9-14(10)19(21)22)15-17-13-6-4-3-5-12(13)16(20)18-15/h3-9,15,17H,2H2,1H3,(H,18,20). The first-order chi connectivity index (χ1) is 10.6. The Morgan fingerprint density at radius 2 is 1.95 bits per heavy atom. The predicted molar refractivity (Wildman–Crippen MR) is 82.7 cm³/mol. The van der Waals surface area contributed by atoms with Crippen LogP contribution in [0, 0.1) is 10.1 Å². The van der Waals surface area contributed by atoms with Crippen molar-refractivity contribution in [3.05, 3.63) is 69.3 Å². The van der Waals surface area contributed by atoms with E-state index in [9.17, 15) is 14.9 Å². The molecule has 2 aromatic rings. The summed E-state index contributed by atoms with van der Waals surface area (Å²) >= 11 is 0. The normalized spacial score (nSPS) is 16.4. The Hall–Kier alpha value is -2.89. The van der Waals surface area contributed by atoms with E-state index in [1.54, 1.807) is 24.3 Å². The Morgan fingerprint density at radius 1 is 1.18 bits per heavy atom. The number of amides is 1. The number of nitro groups is 1. The van der Waals surface area contributed by atoms with Gasteiger partial charge >= 0.3 is 0 Å². The zero-order valence-electron chi connectivity index (χ0n) is 12.0. The molecular formula is C16H15N3O3. The second kappa shape index (κ2) is 5.48. The number of rotatable bonds is 3. The number of anilines is 1. The summed E-state index contributed by atoms with van der Waals surface area (Å²) in [6, 6.07) is 12.2. The van der Waals surface area contributed by atoms with Crippen molar-refractivity contribution in [3.8, 4) is 0 Å². The molecule has 2 aromatic carbocycles. The van der Waals surface area contributed by atoms with Crippen molar-refractivity contribution in [1.82, 2.24) is 5.32 Å². The van der Waals surface area contributed by atoms with Crippen molar-refractivity contribution in [3.63, 3.8) is 0 Å². The van der Waals surface area contributed by atoms with Crippen LogP contribution < -0.4 is 10.6 Å². The molecule has 1 amide bonds. The lowest BCUT2D eigenvalue weighted by Gasteiger charge is -2.28. The Labute approximate surface area is 127 Å². The lowest BCUT2D eigenvalue weighted by atomic mass is 10.0. The van der Waals surface area contributed by atoms with Gasteiger partial charge in [-0.05, 0) is 18.6 Å². The molecule has 22 heavy (non-hydrogen) atoms. The zero-order chi connectivity index (χ0) is 15.7. The second-order valence-corrected chi connectivity index (χ2v) is 5.10. The number of carbonyl (C=O) groups is 1. The third kappa shape index (κ3) is 2.39. The SMILES string of the molecule is CCc1ccc(C2NC(=O)c3ccccc3N2)cc1[N+](=O)[O-]. The van der Waals surface area contributed by atoms with Crippen LogP contribution in [0.25, 0.3) is 0 Å². The average Bonchev–Trinajstić information content (AvgIpc) is 2.54. The molecule has 1 aliphatic heterocycles. The molecule has 0 bridgehead atoms. The molecule has 0 saturated heterocycles. The summed E-state index contributed by atoms with van der Waals surface area (Å²) in [4.78, 5) is 22.9. The molecule has 0 aliphatic carbocycles. The molecular weight excluding hydrogens is 282 g/mol. The zero-order valence-corrected chi connectivity index (χ0v) is 12.0. The van der Waals surface area contributed by atoms with Crippen LogP contribution in [0.3, 0.4) is 0 Å². The number of hydrogen-bond acceptors (Lipinski definition) is 4. The van der Waals surface area contributed by atoms with Gasteiger partial charge in [0.1, 0.15) is 6.17 Å². The molecule has 6 heteroatoms. The van der Waals surface area contributed by atoms with Gasteiger partial charge in [-0.3, -0.25) is 14.9 Å². The van der Waals surface area contributed by atoms with E-state index in [4.69, 9.17) is 0 Å². The van der Waals surface area contributed by atoms with Crippen LogP contribution in [-0.4, -0.2) is 10.8 Å². The van der Waals surface area contributed by atoms with Crippen LogP contribution in [0.2, 0.25) is 0 Å². The van der Waals surface area contributed by atoms with Crippen molar-refractivity contribution < 1.29 is 9.72 Å². The van der Waals surface area contributed by atoms with E-state index in [-0.39, 0.29) is 16.5 Å². The minimum atomic E-state index is -0.480. The molecule has 1 atom stereocenters. The summed E-state index contributed by atoms with van der Waals surface area (Å²) in [5, 5.41) is 17.2. The van der Waals surface area contributed by atoms with Crippen molar-refractivity contribution in [1.29, 1.82) is 0 Å². The van der Waals surface area contributed by atoms with Crippen LogP contribution in [0.4, 0.5) is 11.4 Å². The Morgan fingerprint density at radius 3 is 2.68 bits per heavy atom.